The van der Waals surface area contributed by atoms with Gasteiger partial charge in [0, 0.05) is 25.7 Å². The van der Waals surface area contributed by atoms with Crippen LogP contribution in [0.4, 0.5) is 18.0 Å². The number of amides is 1. The van der Waals surface area contributed by atoms with Crippen molar-refractivity contribution in [3.8, 4) is 0 Å². The molecule has 5 nitrogen and oxygen atoms in total. The minimum Gasteiger partial charge on any atom is -0.445 e. The summed E-state index contributed by atoms with van der Waals surface area (Å²) >= 11 is 0. The van der Waals surface area contributed by atoms with E-state index in [9.17, 15) is 18.0 Å². The molecule has 0 aliphatic carbocycles. The standard InChI is InChI=1S/C16H21F3N2O3/c1-11-9-20(7-8-21(11)13(14(17)18)15(19)22)16(23)24-10-12-5-3-2-4-6-12/h2-6,11,13-15,22H,7-10H2,1H3/t11-,13?,15?/m1/s1. The van der Waals surface area contributed by atoms with Crippen LogP contribution in [0.5, 0.6) is 0 Å². The number of hydrogen-bond donors (Lipinski definition) is 1. The lowest BCUT2D eigenvalue weighted by Crippen LogP contribution is -2.60. The molecule has 3 atom stereocenters. The van der Waals surface area contributed by atoms with E-state index in [0.717, 1.165) is 5.56 Å². The number of carbonyl (C=O) groups is 1. The van der Waals surface area contributed by atoms with Crippen molar-refractivity contribution in [2.75, 3.05) is 19.6 Å². The first kappa shape index (κ1) is 18.5. The van der Waals surface area contributed by atoms with Crippen LogP contribution in [0.3, 0.4) is 0 Å². The van der Waals surface area contributed by atoms with Crippen LogP contribution in [0.15, 0.2) is 30.3 Å². The summed E-state index contributed by atoms with van der Waals surface area (Å²) < 4.78 is 44.1. The van der Waals surface area contributed by atoms with Crippen LogP contribution in [-0.4, -0.2) is 65.5 Å². The van der Waals surface area contributed by atoms with Gasteiger partial charge < -0.3 is 14.7 Å². The number of benzene rings is 1. The van der Waals surface area contributed by atoms with Crippen molar-refractivity contribution >= 4 is 6.09 Å². The first-order valence-corrected chi connectivity index (χ1v) is 7.71. The van der Waals surface area contributed by atoms with Gasteiger partial charge in [0.2, 0.25) is 6.36 Å². The van der Waals surface area contributed by atoms with Crippen LogP contribution >= 0.6 is 0 Å². The Hall–Kier alpha value is -1.80. The largest absolute Gasteiger partial charge is 0.445 e. The second-order valence-corrected chi connectivity index (χ2v) is 5.77. The molecule has 1 amide bonds. The van der Waals surface area contributed by atoms with E-state index in [1.807, 2.05) is 30.3 Å². The molecule has 134 valence electrons. The van der Waals surface area contributed by atoms with Crippen LogP contribution in [0, 0.1) is 0 Å². The van der Waals surface area contributed by atoms with Gasteiger partial charge in [0.1, 0.15) is 12.6 Å². The van der Waals surface area contributed by atoms with Gasteiger partial charge in [-0.15, -0.1) is 0 Å². The number of halogens is 3. The number of nitrogens with zero attached hydrogens (tertiary/aromatic N) is 2. The summed E-state index contributed by atoms with van der Waals surface area (Å²) in [6.07, 6.45) is -6.19. The van der Waals surface area contributed by atoms with Crippen LogP contribution in [0.1, 0.15) is 12.5 Å². The number of aliphatic hydroxyl groups excluding tert-OH is 1. The monoisotopic (exact) mass is 346 g/mol. The average molecular weight is 346 g/mol. The Morgan fingerprint density at radius 3 is 2.50 bits per heavy atom. The molecule has 1 aromatic rings. The molecule has 1 fully saturated rings. The number of aliphatic hydroxyl groups is 1. The predicted octanol–water partition coefficient (Wildman–Crippen LogP) is 2.25. The van der Waals surface area contributed by atoms with E-state index in [0.29, 0.717) is 0 Å². The van der Waals surface area contributed by atoms with Crippen LogP contribution in [0.25, 0.3) is 0 Å². The quantitative estimate of drug-likeness (QED) is 0.889. The van der Waals surface area contributed by atoms with Crippen LogP contribution < -0.4 is 0 Å². The highest BCUT2D eigenvalue weighted by atomic mass is 19.3. The maximum Gasteiger partial charge on any atom is 0.410 e. The molecule has 1 aromatic carbocycles. The molecule has 0 radical (unpaired) electrons. The lowest BCUT2D eigenvalue weighted by molar-refractivity contribution is -0.120. The molecule has 1 aliphatic rings. The zero-order valence-electron chi connectivity index (χ0n) is 13.3. The third kappa shape index (κ3) is 4.61. The summed E-state index contributed by atoms with van der Waals surface area (Å²) in [5.41, 5.74) is 0.843. The van der Waals surface area contributed by atoms with Crippen molar-refractivity contribution in [2.24, 2.45) is 0 Å². The number of carbonyl (C=O) groups excluding carboxylic acids is 1. The van der Waals surface area contributed by atoms with Gasteiger partial charge in [-0.2, -0.15) is 0 Å². The first-order valence-electron chi connectivity index (χ1n) is 7.71. The Kier molecular flexibility index (Phi) is 6.44. The molecule has 0 aromatic heterocycles. The molecule has 0 spiro atoms. The smallest absolute Gasteiger partial charge is 0.410 e. The third-order valence-electron chi connectivity index (χ3n) is 4.07. The van der Waals surface area contributed by atoms with E-state index in [1.165, 1.54) is 9.80 Å². The third-order valence-corrected chi connectivity index (χ3v) is 4.07. The summed E-state index contributed by atoms with van der Waals surface area (Å²) in [6.45, 7) is 2.03. The molecule has 1 heterocycles. The molecule has 0 saturated carbocycles. The van der Waals surface area contributed by atoms with Gasteiger partial charge in [-0.1, -0.05) is 30.3 Å². The number of ether oxygens (including phenoxy) is 1. The van der Waals surface area contributed by atoms with Gasteiger partial charge in [0.15, 0.2) is 0 Å². The zero-order valence-corrected chi connectivity index (χ0v) is 13.3. The van der Waals surface area contributed by atoms with Crippen LogP contribution in [0.2, 0.25) is 0 Å². The van der Waals surface area contributed by atoms with Gasteiger partial charge in [0.05, 0.1) is 0 Å². The Labute approximate surface area is 138 Å². The summed E-state index contributed by atoms with van der Waals surface area (Å²) in [6, 6.07) is 6.75. The van der Waals surface area contributed by atoms with E-state index < -0.39 is 31.0 Å². The predicted molar refractivity (Wildman–Crippen MR) is 81.3 cm³/mol. The topological polar surface area (TPSA) is 53.0 Å². The van der Waals surface area contributed by atoms with E-state index in [4.69, 9.17) is 9.84 Å². The summed E-state index contributed by atoms with van der Waals surface area (Å²) in [7, 11) is 0. The van der Waals surface area contributed by atoms with Crippen molar-refractivity contribution in [1.82, 2.24) is 9.80 Å². The van der Waals surface area contributed by atoms with E-state index in [1.54, 1.807) is 6.92 Å². The first-order chi connectivity index (χ1) is 11.4. The van der Waals surface area contributed by atoms with E-state index >= 15 is 0 Å². The van der Waals surface area contributed by atoms with Gasteiger partial charge in [-0.25, -0.2) is 18.0 Å². The highest BCUT2D eigenvalue weighted by molar-refractivity contribution is 5.67. The fraction of sp³-hybridized carbons (Fsp3) is 0.562. The highest BCUT2D eigenvalue weighted by Gasteiger charge is 2.40. The Balaban J connectivity index is 1.89. The van der Waals surface area contributed by atoms with Crippen molar-refractivity contribution in [2.45, 2.75) is 38.4 Å². The second-order valence-electron chi connectivity index (χ2n) is 5.77. The molecule has 8 heteroatoms. The minimum atomic E-state index is -3.01. The molecule has 24 heavy (non-hydrogen) atoms. The van der Waals surface area contributed by atoms with E-state index in [2.05, 4.69) is 0 Å². The van der Waals surface area contributed by atoms with Crippen molar-refractivity contribution in [1.29, 1.82) is 0 Å². The van der Waals surface area contributed by atoms with Crippen molar-refractivity contribution in [3.63, 3.8) is 0 Å². The molecule has 0 bridgehead atoms. The van der Waals surface area contributed by atoms with E-state index in [-0.39, 0.29) is 26.2 Å². The number of rotatable bonds is 5. The fourth-order valence-electron chi connectivity index (χ4n) is 2.81. The van der Waals surface area contributed by atoms with Crippen molar-refractivity contribution in [3.05, 3.63) is 35.9 Å². The van der Waals surface area contributed by atoms with Gasteiger partial charge in [0.25, 0.3) is 6.43 Å². The maximum absolute atomic E-state index is 13.1. The maximum atomic E-state index is 13.1. The highest BCUT2D eigenvalue weighted by Crippen LogP contribution is 2.21. The lowest BCUT2D eigenvalue weighted by Gasteiger charge is -2.43. The molecular weight excluding hydrogens is 325 g/mol. The molecular formula is C16H21F3N2O3. The molecule has 1 saturated heterocycles. The average Bonchev–Trinajstić information content (AvgIpc) is 2.54. The summed E-state index contributed by atoms with van der Waals surface area (Å²) in [5, 5.41) is 8.94. The number of alkyl halides is 3. The SMILES string of the molecule is C[C@@H]1CN(C(=O)OCc2ccccc2)CCN1C(C(O)F)C(F)F. The van der Waals surface area contributed by atoms with Gasteiger partial charge in [-0.3, -0.25) is 4.90 Å². The summed E-state index contributed by atoms with van der Waals surface area (Å²) in [4.78, 5) is 14.7. The Morgan fingerprint density at radius 2 is 1.96 bits per heavy atom. The Bertz CT molecular complexity index is 523. The van der Waals surface area contributed by atoms with Crippen LogP contribution in [-0.2, 0) is 11.3 Å². The fourth-order valence-corrected chi connectivity index (χ4v) is 2.81. The molecule has 2 rings (SSSR count). The second kappa shape index (κ2) is 8.34. The normalized spacial score (nSPS) is 21.6. The lowest BCUT2D eigenvalue weighted by atomic mass is 10.1. The van der Waals surface area contributed by atoms with Gasteiger partial charge in [-0.05, 0) is 12.5 Å². The zero-order chi connectivity index (χ0) is 17.7. The number of piperazine rings is 1. The minimum absolute atomic E-state index is 0.0393. The van der Waals surface area contributed by atoms with Gasteiger partial charge >= 0.3 is 6.09 Å². The molecule has 1 N–H and O–H groups in total. The number of hydrogen-bond acceptors (Lipinski definition) is 4. The van der Waals surface area contributed by atoms with Crippen molar-refractivity contribution < 1.29 is 27.8 Å². The molecule has 2 unspecified atom stereocenters. The Morgan fingerprint density at radius 1 is 1.29 bits per heavy atom. The molecule has 1 aliphatic heterocycles. The summed E-state index contributed by atoms with van der Waals surface area (Å²) in [5.74, 6) is 0.